The average Bonchev–Trinajstić information content (AvgIpc) is 2.98. The van der Waals surface area contributed by atoms with Crippen LogP contribution in [0.3, 0.4) is 0 Å². The minimum atomic E-state index is -3.67. The lowest BCUT2D eigenvalue weighted by Gasteiger charge is -2.16. The first-order valence-corrected chi connectivity index (χ1v) is 6.42. The molecule has 1 saturated heterocycles. The van der Waals surface area contributed by atoms with Gasteiger partial charge in [0.05, 0.1) is 0 Å². The molecule has 0 aliphatic carbocycles. The summed E-state index contributed by atoms with van der Waals surface area (Å²) in [6, 6.07) is 4.20. The summed E-state index contributed by atoms with van der Waals surface area (Å²) >= 11 is 0. The Bertz CT molecular complexity index is 565. The fourth-order valence-electron chi connectivity index (χ4n) is 2.45. The topological polar surface area (TPSA) is 77.0 Å². The van der Waals surface area contributed by atoms with Gasteiger partial charge in [-0.1, -0.05) is 12.1 Å². The van der Waals surface area contributed by atoms with Gasteiger partial charge in [-0.3, -0.25) is 0 Å². The van der Waals surface area contributed by atoms with E-state index in [1.807, 2.05) is 0 Å². The number of rotatable bonds is 4. The summed E-state index contributed by atoms with van der Waals surface area (Å²) in [6.45, 7) is 0.527. The Labute approximate surface area is 118 Å². The van der Waals surface area contributed by atoms with Crippen LogP contribution in [0.2, 0.25) is 0 Å². The monoisotopic (exact) mass is 301 g/mol. The van der Waals surface area contributed by atoms with Crippen molar-refractivity contribution in [3.05, 3.63) is 23.8 Å². The van der Waals surface area contributed by atoms with E-state index in [0.717, 1.165) is 0 Å². The maximum atomic E-state index is 13.1. The Kier molecular flexibility index (Phi) is 3.42. The summed E-state index contributed by atoms with van der Waals surface area (Å²) < 4.78 is 40.1. The van der Waals surface area contributed by atoms with Crippen molar-refractivity contribution in [2.45, 2.75) is 31.4 Å². The second-order valence-electron chi connectivity index (χ2n) is 4.82. The van der Waals surface area contributed by atoms with E-state index in [4.69, 9.17) is 9.84 Å². The molecule has 8 heteroatoms. The normalized spacial score (nSPS) is 26.0. The van der Waals surface area contributed by atoms with Crippen LogP contribution in [0.15, 0.2) is 18.2 Å². The van der Waals surface area contributed by atoms with Crippen molar-refractivity contribution in [1.82, 2.24) is 5.32 Å². The van der Waals surface area contributed by atoms with Gasteiger partial charge in [-0.25, -0.2) is 4.79 Å². The molecule has 6 nitrogen and oxygen atoms in total. The number of carboxylic acid groups (broad SMARTS) is 1. The molecule has 0 radical (unpaired) electrons. The van der Waals surface area contributed by atoms with Crippen molar-refractivity contribution in [2.75, 3.05) is 6.61 Å². The van der Waals surface area contributed by atoms with E-state index in [-0.39, 0.29) is 24.1 Å². The molecule has 2 N–H and O–H groups in total. The maximum absolute atomic E-state index is 13.1. The van der Waals surface area contributed by atoms with E-state index in [0.29, 0.717) is 18.6 Å². The highest BCUT2D eigenvalue weighted by molar-refractivity contribution is 5.73. The van der Waals surface area contributed by atoms with Crippen LogP contribution in [0.4, 0.5) is 8.78 Å². The summed E-state index contributed by atoms with van der Waals surface area (Å²) in [6.07, 6.45) is -4.06. The van der Waals surface area contributed by atoms with E-state index >= 15 is 0 Å². The summed E-state index contributed by atoms with van der Waals surface area (Å²) in [7, 11) is 0. The number of nitrogens with one attached hydrogen (secondary N) is 1. The quantitative estimate of drug-likeness (QED) is 0.874. The minimum Gasteiger partial charge on any atom is -0.479 e. The van der Waals surface area contributed by atoms with Crippen molar-refractivity contribution < 1.29 is 32.9 Å². The molecular weight excluding hydrogens is 288 g/mol. The smallest absolute Gasteiger partial charge is 0.479 e. The van der Waals surface area contributed by atoms with E-state index in [1.165, 1.54) is 6.07 Å². The van der Waals surface area contributed by atoms with Crippen LogP contribution in [0, 0.1) is 0 Å². The lowest BCUT2D eigenvalue weighted by molar-refractivity contribution is -0.286. The van der Waals surface area contributed by atoms with Gasteiger partial charge in [-0.2, -0.15) is 0 Å². The molecule has 2 aliphatic rings. The number of para-hydroxylation sites is 1. The van der Waals surface area contributed by atoms with Crippen molar-refractivity contribution in [3.63, 3.8) is 0 Å². The SMILES string of the molecule is O=C(O)[C@@H]1OCC[C@@H]1NCc1cccc2c1OC(F)(F)O2. The average molecular weight is 301 g/mol. The zero-order chi connectivity index (χ0) is 15.0. The molecule has 1 fully saturated rings. The third-order valence-electron chi connectivity index (χ3n) is 3.40. The molecular formula is C13H13F2NO5. The van der Waals surface area contributed by atoms with Gasteiger partial charge in [0, 0.05) is 24.8 Å². The van der Waals surface area contributed by atoms with Gasteiger partial charge in [0.2, 0.25) is 0 Å². The molecule has 1 aromatic rings. The van der Waals surface area contributed by atoms with Crippen molar-refractivity contribution in [1.29, 1.82) is 0 Å². The first-order valence-electron chi connectivity index (χ1n) is 6.42. The molecule has 114 valence electrons. The molecule has 0 spiro atoms. The van der Waals surface area contributed by atoms with Crippen molar-refractivity contribution >= 4 is 5.97 Å². The summed E-state index contributed by atoms with van der Waals surface area (Å²) in [5, 5.41) is 12.0. The van der Waals surface area contributed by atoms with Crippen LogP contribution >= 0.6 is 0 Å². The molecule has 0 aromatic heterocycles. The van der Waals surface area contributed by atoms with E-state index in [9.17, 15) is 13.6 Å². The highest BCUT2D eigenvalue weighted by Crippen LogP contribution is 2.43. The van der Waals surface area contributed by atoms with Crippen LogP contribution < -0.4 is 14.8 Å². The standard InChI is InChI=1S/C13H13F2NO5/c14-13(15)20-9-3-1-2-7(10(9)21-13)6-16-8-4-5-19-11(8)12(17)18/h1-3,8,11,16H,4-6H2,(H,17,18)/t8-,11+/m0/s1. The number of halogens is 2. The van der Waals surface area contributed by atoms with Crippen LogP contribution in [0.5, 0.6) is 11.5 Å². The second kappa shape index (κ2) is 5.12. The lowest BCUT2D eigenvalue weighted by atomic mass is 10.1. The number of alkyl halides is 2. The predicted molar refractivity (Wildman–Crippen MR) is 65.3 cm³/mol. The molecule has 0 saturated carbocycles. The number of carboxylic acids is 1. The number of carbonyl (C=O) groups is 1. The Balaban J connectivity index is 1.70. The first-order chi connectivity index (χ1) is 9.96. The van der Waals surface area contributed by atoms with Gasteiger partial charge >= 0.3 is 12.3 Å². The molecule has 3 rings (SSSR count). The number of aliphatic carboxylic acids is 1. The van der Waals surface area contributed by atoms with Crippen LogP contribution in [-0.2, 0) is 16.1 Å². The third kappa shape index (κ3) is 2.77. The van der Waals surface area contributed by atoms with E-state index < -0.39 is 18.4 Å². The van der Waals surface area contributed by atoms with Crippen LogP contribution in [0.1, 0.15) is 12.0 Å². The number of ether oxygens (including phenoxy) is 3. The summed E-state index contributed by atoms with van der Waals surface area (Å²) in [5.41, 5.74) is 0.473. The minimum absolute atomic E-state index is 0.0270. The summed E-state index contributed by atoms with van der Waals surface area (Å²) in [4.78, 5) is 11.0. The van der Waals surface area contributed by atoms with Gasteiger partial charge in [-0.15, -0.1) is 8.78 Å². The van der Waals surface area contributed by atoms with Gasteiger partial charge in [-0.05, 0) is 12.5 Å². The number of hydrogen-bond acceptors (Lipinski definition) is 5. The Morgan fingerprint density at radius 2 is 2.24 bits per heavy atom. The number of fused-ring (bicyclic) bond motifs is 1. The Morgan fingerprint density at radius 1 is 1.43 bits per heavy atom. The molecule has 2 atom stereocenters. The Hall–Kier alpha value is -1.93. The van der Waals surface area contributed by atoms with Gasteiger partial charge in [0.1, 0.15) is 0 Å². The molecule has 1 aromatic carbocycles. The van der Waals surface area contributed by atoms with Gasteiger partial charge in [0.25, 0.3) is 0 Å². The zero-order valence-corrected chi connectivity index (χ0v) is 10.8. The van der Waals surface area contributed by atoms with E-state index in [2.05, 4.69) is 14.8 Å². The molecule has 0 amide bonds. The fraction of sp³-hybridized carbons (Fsp3) is 0.462. The Morgan fingerprint density at radius 3 is 3.00 bits per heavy atom. The highest BCUT2D eigenvalue weighted by atomic mass is 19.3. The fourth-order valence-corrected chi connectivity index (χ4v) is 2.45. The van der Waals surface area contributed by atoms with Crippen LogP contribution in [0.25, 0.3) is 0 Å². The maximum Gasteiger partial charge on any atom is 0.586 e. The summed E-state index contributed by atoms with van der Waals surface area (Å²) in [5.74, 6) is -1.10. The second-order valence-corrected chi connectivity index (χ2v) is 4.82. The van der Waals surface area contributed by atoms with Gasteiger partial charge < -0.3 is 24.6 Å². The van der Waals surface area contributed by atoms with Crippen LogP contribution in [-0.4, -0.2) is 36.1 Å². The van der Waals surface area contributed by atoms with Crippen molar-refractivity contribution in [3.8, 4) is 11.5 Å². The molecule has 2 heterocycles. The van der Waals surface area contributed by atoms with Gasteiger partial charge in [0.15, 0.2) is 17.6 Å². The predicted octanol–water partition coefficient (Wildman–Crippen LogP) is 1.34. The molecule has 0 unspecified atom stereocenters. The highest BCUT2D eigenvalue weighted by Gasteiger charge is 2.44. The zero-order valence-electron chi connectivity index (χ0n) is 10.8. The first kappa shape index (κ1) is 14.0. The van der Waals surface area contributed by atoms with E-state index in [1.54, 1.807) is 12.1 Å². The lowest BCUT2D eigenvalue weighted by Crippen LogP contribution is -2.40. The number of benzene rings is 1. The number of hydrogen-bond donors (Lipinski definition) is 2. The largest absolute Gasteiger partial charge is 0.586 e. The molecule has 0 bridgehead atoms. The molecule has 2 aliphatic heterocycles. The van der Waals surface area contributed by atoms with Crippen molar-refractivity contribution in [2.24, 2.45) is 0 Å². The third-order valence-corrected chi connectivity index (χ3v) is 3.40. The molecule has 21 heavy (non-hydrogen) atoms.